The van der Waals surface area contributed by atoms with E-state index in [0.29, 0.717) is 45.0 Å². The van der Waals surface area contributed by atoms with Gasteiger partial charge >= 0.3 is 12.0 Å². The number of benzene rings is 3. The predicted molar refractivity (Wildman–Crippen MR) is 155 cm³/mol. The van der Waals surface area contributed by atoms with Gasteiger partial charge in [-0.2, -0.15) is 0 Å². The number of nitrogens with one attached hydrogen (secondary N) is 1. The van der Waals surface area contributed by atoms with E-state index in [1.54, 1.807) is 6.92 Å². The topological polar surface area (TPSA) is 88.1 Å². The van der Waals surface area contributed by atoms with E-state index in [2.05, 4.69) is 17.4 Å². The van der Waals surface area contributed by atoms with Crippen molar-refractivity contribution in [2.45, 2.75) is 43.7 Å². The summed E-state index contributed by atoms with van der Waals surface area (Å²) >= 11 is 1.83. The Morgan fingerprint density at radius 3 is 2.26 bits per heavy atom. The van der Waals surface area contributed by atoms with E-state index in [1.807, 2.05) is 89.5 Å². The molecule has 1 unspecified atom stereocenters. The molecule has 208 valence electrons. The molecule has 0 aliphatic heterocycles. The first-order valence-electron chi connectivity index (χ1n) is 13.4. The Morgan fingerprint density at radius 1 is 0.897 bits per heavy atom. The molecule has 0 aromatic heterocycles. The summed E-state index contributed by atoms with van der Waals surface area (Å²) < 4.78 is 11.2. The Labute approximate surface area is 235 Å². The van der Waals surface area contributed by atoms with Gasteiger partial charge in [0, 0.05) is 31.0 Å². The third kappa shape index (κ3) is 11.4. The maximum Gasteiger partial charge on any atom is 0.333 e. The molecule has 1 atom stereocenters. The lowest BCUT2D eigenvalue weighted by Crippen LogP contribution is -2.42. The van der Waals surface area contributed by atoms with Crippen LogP contribution in [-0.4, -0.2) is 60.2 Å². The number of nitrogens with zero attached hydrogens (tertiary/aromatic N) is 1. The van der Waals surface area contributed by atoms with Gasteiger partial charge in [-0.15, -0.1) is 11.8 Å². The Kier molecular flexibility index (Phi) is 13.2. The second-order valence-corrected chi connectivity index (χ2v) is 10.1. The van der Waals surface area contributed by atoms with Crippen LogP contribution in [0.25, 0.3) is 0 Å². The molecule has 0 radical (unpaired) electrons. The molecular formula is C31H38N2O5S. The van der Waals surface area contributed by atoms with Crippen molar-refractivity contribution in [1.82, 2.24) is 10.2 Å². The lowest BCUT2D eigenvalue weighted by molar-refractivity contribution is -0.149. The smallest absolute Gasteiger partial charge is 0.333 e. The fourth-order valence-corrected chi connectivity index (χ4v) is 4.87. The third-order valence-corrected chi connectivity index (χ3v) is 7.12. The monoisotopic (exact) mass is 550 g/mol. The number of hydrogen-bond acceptors (Lipinski definition) is 5. The summed E-state index contributed by atoms with van der Waals surface area (Å²) in [5, 5.41) is 12.3. The highest BCUT2D eigenvalue weighted by molar-refractivity contribution is 7.99. The number of amides is 2. The molecule has 2 N–H and O–H groups in total. The molecule has 3 aromatic carbocycles. The van der Waals surface area contributed by atoms with Gasteiger partial charge in [-0.3, -0.25) is 0 Å². The number of unbranched alkanes of at least 4 members (excludes halogenated alkanes) is 1. The molecule has 0 fully saturated rings. The molecule has 39 heavy (non-hydrogen) atoms. The van der Waals surface area contributed by atoms with E-state index in [9.17, 15) is 14.7 Å². The number of carboxylic acid groups (broad SMARTS) is 1. The number of rotatable bonds is 17. The first kappa shape index (κ1) is 30.1. The van der Waals surface area contributed by atoms with Gasteiger partial charge in [-0.25, -0.2) is 9.59 Å². The summed E-state index contributed by atoms with van der Waals surface area (Å²) in [5.74, 6) is 0.700. The number of carboxylic acids is 1. The van der Waals surface area contributed by atoms with E-state index in [1.165, 1.54) is 4.90 Å². The van der Waals surface area contributed by atoms with E-state index in [-0.39, 0.29) is 6.03 Å². The van der Waals surface area contributed by atoms with Crippen molar-refractivity contribution >= 4 is 23.8 Å². The van der Waals surface area contributed by atoms with Crippen molar-refractivity contribution < 1.29 is 24.2 Å². The number of urea groups is 1. The van der Waals surface area contributed by atoms with Crippen molar-refractivity contribution in [1.29, 1.82) is 0 Å². The zero-order valence-corrected chi connectivity index (χ0v) is 23.3. The van der Waals surface area contributed by atoms with Crippen LogP contribution in [0.15, 0.2) is 89.8 Å². The highest BCUT2D eigenvalue weighted by Crippen LogP contribution is 2.19. The van der Waals surface area contributed by atoms with Gasteiger partial charge in [0.15, 0.2) is 6.10 Å². The van der Waals surface area contributed by atoms with Crippen LogP contribution in [-0.2, 0) is 22.5 Å². The maximum absolute atomic E-state index is 13.0. The fraction of sp³-hybridized carbons (Fsp3) is 0.355. The van der Waals surface area contributed by atoms with E-state index in [4.69, 9.17) is 9.47 Å². The lowest BCUT2D eigenvalue weighted by atomic mass is 10.1. The Morgan fingerprint density at radius 2 is 1.59 bits per heavy atom. The van der Waals surface area contributed by atoms with Crippen LogP contribution in [0.4, 0.5) is 4.79 Å². The van der Waals surface area contributed by atoms with Crippen LogP contribution in [0.1, 0.15) is 30.9 Å². The average Bonchev–Trinajstić information content (AvgIpc) is 2.96. The van der Waals surface area contributed by atoms with Crippen LogP contribution in [0.5, 0.6) is 5.75 Å². The van der Waals surface area contributed by atoms with Crippen LogP contribution in [0, 0.1) is 0 Å². The molecule has 0 aliphatic carbocycles. The Hall–Kier alpha value is -3.49. The van der Waals surface area contributed by atoms with Crippen LogP contribution >= 0.6 is 11.8 Å². The molecule has 0 saturated carbocycles. The number of aliphatic carboxylic acids is 1. The normalized spacial score (nSPS) is 11.5. The molecule has 3 aromatic rings. The molecule has 3 rings (SSSR count). The SMILES string of the molecule is CCOC(Cc1ccc(OCCN(CCCCSc2ccccc2)C(=O)NCc2ccccc2)cc1)C(=O)O. The Balaban J connectivity index is 1.48. The number of thioether (sulfide) groups is 1. The van der Waals surface area contributed by atoms with Crippen molar-refractivity contribution in [3.63, 3.8) is 0 Å². The van der Waals surface area contributed by atoms with E-state index in [0.717, 1.165) is 29.7 Å². The van der Waals surface area contributed by atoms with Gasteiger partial charge in [0.05, 0.1) is 6.54 Å². The largest absolute Gasteiger partial charge is 0.492 e. The summed E-state index contributed by atoms with van der Waals surface area (Å²) in [6.45, 7) is 4.06. The van der Waals surface area contributed by atoms with Gasteiger partial charge in [-0.05, 0) is 60.9 Å². The zero-order valence-electron chi connectivity index (χ0n) is 22.5. The van der Waals surface area contributed by atoms with E-state index < -0.39 is 12.1 Å². The van der Waals surface area contributed by atoms with Crippen molar-refractivity contribution in [3.8, 4) is 5.75 Å². The predicted octanol–water partition coefficient (Wildman–Crippen LogP) is 5.88. The molecule has 0 saturated heterocycles. The first-order chi connectivity index (χ1) is 19.0. The van der Waals surface area contributed by atoms with Crippen molar-refractivity contribution in [2.24, 2.45) is 0 Å². The summed E-state index contributed by atoms with van der Waals surface area (Å²) in [6, 6.07) is 27.4. The van der Waals surface area contributed by atoms with Crippen LogP contribution in [0.3, 0.4) is 0 Å². The van der Waals surface area contributed by atoms with Gasteiger partial charge in [0.25, 0.3) is 0 Å². The van der Waals surface area contributed by atoms with Crippen molar-refractivity contribution in [2.75, 3.05) is 32.1 Å². The number of carbonyl (C=O) groups is 2. The first-order valence-corrected chi connectivity index (χ1v) is 14.3. The highest BCUT2D eigenvalue weighted by atomic mass is 32.2. The second kappa shape index (κ2) is 17.2. The van der Waals surface area contributed by atoms with Crippen molar-refractivity contribution in [3.05, 3.63) is 96.1 Å². The minimum Gasteiger partial charge on any atom is -0.492 e. The molecule has 7 nitrogen and oxygen atoms in total. The minimum atomic E-state index is -0.971. The number of carbonyl (C=O) groups excluding carboxylic acids is 1. The summed E-state index contributed by atoms with van der Waals surface area (Å²) in [5.41, 5.74) is 1.91. The fourth-order valence-electron chi connectivity index (χ4n) is 3.94. The molecule has 0 aliphatic rings. The maximum atomic E-state index is 13.0. The molecule has 8 heteroatoms. The average molecular weight is 551 g/mol. The van der Waals surface area contributed by atoms with Gasteiger partial charge < -0.3 is 24.8 Å². The molecule has 2 amide bonds. The molecule has 0 bridgehead atoms. The zero-order chi connectivity index (χ0) is 27.7. The standard InChI is InChI=1S/C31H38N2O5S/c1-2-37-29(30(34)35)23-25-15-17-27(18-16-25)38-21-20-33(31(36)32-24-26-11-5-3-6-12-26)19-9-10-22-39-28-13-7-4-8-14-28/h3-8,11-18,29H,2,9-10,19-24H2,1H3,(H,32,36)(H,34,35). The molecule has 0 spiro atoms. The lowest BCUT2D eigenvalue weighted by Gasteiger charge is -2.23. The van der Waals surface area contributed by atoms with Crippen LogP contribution < -0.4 is 10.1 Å². The minimum absolute atomic E-state index is 0.107. The summed E-state index contributed by atoms with van der Waals surface area (Å²) in [4.78, 5) is 27.4. The number of ether oxygens (including phenoxy) is 2. The quantitative estimate of drug-likeness (QED) is 0.161. The van der Waals surface area contributed by atoms with Gasteiger partial charge in [0.2, 0.25) is 0 Å². The molecular weight excluding hydrogens is 512 g/mol. The summed E-state index contributed by atoms with van der Waals surface area (Å²) in [6.07, 6.45) is 1.33. The van der Waals surface area contributed by atoms with Gasteiger partial charge in [0.1, 0.15) is 12.4 Å². The third-order valence-electron chi connectivity index (χ3n) is 6.03. The summed E-state index contributed by atoms with van der Waals surface area (Å²) in [7, 11) is 0. The van der Waals surface area contributed by atoms with Crippen LogP contribution in [0.2, 0.25) is 0 Å². The number of hydrogen-bond donors (Lipinski definition) is 2. The van der Waals surface area contributed by atoms with Gasteiger partial charge in [-0.1, -0.05) is 60.7 Å². The second-order valence-electron chi connectivity index (χ2n) is 8.98. The molecule has 0 heterocycles. The highest BCUT2D eigenvalue weighted by Gasteiger charge is 2.18. The van der Waals surface area contributed by atoms with E-state index >= 15 is 0 Å². The Bertz CT molecular complexity index is 1110.